The molecule has 0 bridgehead atoms. The van der Waals surface area contributed by atoms with Gasteiger partial charge in [0.25, 0.3) is 5.91 Å². The second-order valence-corrected chi connectivity index (χ2v) is 11.3. The molecule has 1 N–H and O–H groups in total. The van der Waals surface area contributed by atoms with Gasteiger partial charge in [-0.1, -0.05) is 6.07 Å². The minimum Gasteiger partial charge on any atom is -0.368 e. The van der Waals surface area contributed by atoms with Gasteiger partial charge in [0.15, 0.2) is 0 Å². The zero-order chi connectivity index (χ0) is 28.6. The van der Waals surface area contributed by atoms with E-state index in [9.17, 15) is 4.79 Å². The van der Waals surface area contributed by atoms with Crippen molar-refractivity contribution in [1.29, 1.82) is 0 Å². The quantitative estimate of drug-likeness (QED) is 0.345. The van der Waals surface area contributed by atoms with Crippen LogP contribution in [0.4, 0.5) is 5.69 Å². The van der Waals surface area contributed by atoms with Gasteiger partial charge >= 0.3 is 0 Å². The average Bonchev–Trinajstić information content (AvgIpc) is 3.60. The first-order chi connectivity index (χ1) is 19.1. The van der Waals surface area contributed by atoms with Crippen LogP contribution in [-0.4, -0.2) is 62.6 Å². The molecule has 8 heteroatoms. The lowest BCUT2D eigenvalue weighted by atomic mass is 9.96. The predicted molar refractivity (Wildman–Crippen MR) is 161 cm³/mol. The third kappa shape index (κ3) is 5.68. The minimum absolute atomic E-state index is 0.0642. The van der Waals surface area contributed by atoms with Gasteiger partial charge < -0.3 is 10.2 Å². The Kier molecular flexibility index (Phi) is 7.81. The van der Waals surface area contributed by atoms with Crippen LogP contribution in [0.5, 0.6) is 0 Å². The van der Waals surface area contributed by atoms with E-state index < -0.39 is 0 Å². The maximum atomic E-state index is 13.7. The lowest BCUT2D eigenvalue weighted by molar-refractivity contribution is 0.0939. The van der Waals surface area contributed by atoms with Crippen molar-refractivity contribution in [3.05, 3.63) is 77.7 Å². The van der Waals surface area contributed by atoms with Crippen LogP contribution in [0.3, 0.4) is 0 Å². The Morgan fingerprint density at radius 1 is 1.02 bits per heavy atom. The molecular weight excluding hydrogens is 498 g/mol. The van der Waals surface area contributed by atoms with Crippen molar-refractivity contribution in [2.45, 2.75) is 59.3 Å². The average molecular weight is 540 g/mol. The number of aromatic nitrogens is 4. The number of aryl methyl sites for hydroxylation is 3. The first-order valence-corrected chi connectivity index (χ1v) is 14.2. The van der Waals surface area contributed by atoms with Gasteiger partial charge in [-0.3, -0.25) is 19.1 Å². The fraction of sp³-hybridized carbons (Fsp3) is 0.406. The van der Waals surface area contributed by atoms with Crippen molar-refractivity contribution in [3.63, 3.8) is 0 Å². The third-order valence-corrected chi connectivity index (χ3v) is 8.29. The van der Waals surface area contributed by atoms with Crippen molar-refractivity contribution in [2.75, 3.05) is 25.0 Å². The van der Waals surface area contributed by atoms with E-state index in [4.69, 9.17) is 5.10 Å². The van der Waals surface area contributed by atoms with Gasteiger partial charge in [0.2, 0.25) is 0 Å². The number of benzene rings is 2. The van der Waals surface area contributed by atoms with Crippen LogP contribution in [-0.2, 0) is 13.6 Å². The highest BCUT2D eigenvalue weighted by molar-refractivity contribution is 5.97. The summed E-state index contributed by atoms with van der Waals surface area (Å²) >= 11 is 0. The summed E-state index contributed by atoms with van der Waals surface area (Å²) < 4.78 is 3.73. The molecule has 2 aromatic carbocycles. The van der Waals surface area contributed by atoms with Crippen molar-refractivity contribution in [3.8, 4) is 22.4 Å². The summed E-state index contributed by atoms with van der Waals surface area (Å²) in [6, 6.07) is 15.4. The van der Waals surface area contributed by atoms with Crippen molar-refractivity contribution in [2.24, 2.45) is 7.05 Å². The molecule has 40 heavy (non-hydrogen) atoms. The molecule has 0 spiro atoms. The highest BCUT2D eigenvalue weighted by Gasteiger charge is 2.27. The molecule has 1 saturated heterocycles. The number of likely N-dealkylation sites (N-methyl/N-ethyl adjacent to an activating group) is 1. The van der Waals surface area contributed by atoms with Gasteiger partial charge in [-0.15, -0.1) is 0 Å². The molecule has 210 valence electrons. The van der Waals surface area contributed by atoms with E-state index in [2.05, 4.69) is 84.4 Å². The van der Waals surface area contributed by atoms with E-state index in [1.54, 1.807) is 4.68 Å². The van der Waals surface area contributed by atoms with Gasteiger partial charge in [-0.25, -0.2) is 0 Å². The fourth-order valence-corrected chi connectivity index (χ4v) is 5.50. The summed E-state index contributed by atoms with van der Waals surface area (Å²) in [5.74, 6) is -0.0642. The molecule has 5 rings (SSSR count). The molecule has 0 unspecified atom stereocenters. The molecule has 0 aliphatic carbocycles. The fourth-order valence-electron chi connectivity index (χ4n) is 5.50. The van der Waals surface area contributed by atoms with Crippen LogP contribution < -0.4 is 10.2 Å². The summed E-state index contributed by atoms with van der Waals surface area (Å²) in [6.07, 6.45) is 5.87. The van der Waals surface area contributed by atoms with E-state index in [0.29, 0.717) is 17.6 Å². The SMILES string of the molecule is CCn1ccc(-c2cc(-c3cnn(C)c3)cc([C@@H](C)NC(=O)c3cc(N4C[C@@H](C)N(C)[C@@H](C)C4)ccc3C)c2)n1. The van der Waals surface area contributed by atoms with E-state index in [0.717, 1.165) is 58.8 Å². The van der Waals surface area contributed by atoms with Crippen LogP contribution in [0.25, 0.3) is 22.4 Å². The largest absolute Gasteiger partial charge is 0.368 e. The summed E-state index contributed by atoms with van der Waals surface area (Å²) in [6.45, 7) is 13.3. The second-order valence-electron chi connectivity index (χ2n) is 11.3. The predicted octanol–water partition coefficient (Wildman–Crippen LogP) is 5.30. The van der Waals surface area contributed by atoms with Crippen molar-refractivity contribution < 1.29 is 4.79 Å². The molecular formula is C32H41N7O. The lowest BCUT2D eigenvalue weighted by Gasteiger charge is -2.43. The number of amides is 1. The summed E-state index contributed by atoms with van der Waals surface area (Å²) in [5.41, 5.74) is 7.80. The number of carbonyl (C=O) groups excluding carboxylic acids is 1. The Balaban J connectivity index is 1.42. The number of hydrogen-bond donors (Lipinski definition) is 1. The third-order valence-electron chi connectivity index (χ3n) is 8.29. The molecule has 1 aliphatic rings. The number of nitrogens with zero attached hydrogens (tertiary/aromatic N) is 6. The first-order valence-electron chi connectivity index (χ1n) is 14.2. The maximum absolute atomic E-state index is 13.7. The van der Waals surface area contributed by atoms with E-state index in [1.165, 1.54) is 0 Å². The Hall–Kier alpha value is -3.91. The summed E-state index contributed by atoms with van der Waals surface area (Å²) in [7, 11) is 4.10. The summed E-state index contributed by atoms with van der Waals surface area (Å²) in [5, 5.41) is 12.4. The van der Waals surface area contributed by atoms with Crippen LogP contribution in [0.2, 0.25) is 0 Å². The normalized spacial score (nSPS) is 18.6. The molecule has 1 aliphatic heterocycles. The lowest BCUT2D eigenvalue weighted by Crippen LogP contribution is -2.55. The Morgan fingerprint density at radius 3 is 2.40 bits per heavy atom. The van der Waals surface area contributed by atoms with Gasteiger partial charge in [0.05, 0.1) is 17.9 Å². The highest BCUT2D eigenvalue weighted by Crippen LogP contribution is 2.31. The molecule has 1 fully saturated rings. The van der Waals surface area contributed by atoms with E-state index in [1.807, 2.05) is 50.2 Å². The molecule has 3 heterocycles. The molecule has 3 atom stereocenters. The zero-order valence-electron chi connectivity index (χ0n) is 24.7. The molecule has 2 aromatic heterocycles. The Morgan fingerprint density at radius 2 is 1.75 bits per heavy atom. The zero-order valence-corrected chi connectivity index (χ0v) is 24.7. The smallest absolute Gasteiger partial charge is 0.252 e. The second kappa shape index (κ2) is 11.3. The van der Waals surface area contributed by atoms with Crippen LogP contribution >= 0.6 is 0 Å². The number of carbonyl (C=O) groups is 1. The van der Waals surface area contributed by atoms with Crippen molar-refractivity contribution in [1.82, 2.24) is 29.8 Å². The van der Waals surface area contributed by atoms with E-state index in [-0.39, 0.29) is 11.9 Å². The van der Waals surface area contributed by atoms with Crippen LogP contribution in [0, 0.1) is 6.92 Å². The number of hydrogen-bond acceptors (Lipinski definition) is 5. The monoisotopic (exact) mass is 539 g/mol. The minimum atomic E-state index is -0.206. The van der Waals surface area contributed by atoms with Crippen LogP contribution in [0.1, 0.15) is 55.2 Å². The number of nitrogens with one attached hydrogen (secondary N) is 1. The molecule has 1 amide bonds. The maximum Gasteiger partial charge on any atom is 0.252 e. The number of piperazine rings is 1. The van der Waals surface area contributed by atoms with Gasteiger partial charge in [-0.2, -0.15) is 10.2 Å². The Bertz CT molecular complexity index is 1490. The van der Waals surface area contributed by atoms with Crippen LogP contribution in [0.15, 0.2) is 61.1 Å². The van der Waals surface area contributed by atoms with Gasteiger partial charge in [0.1, 0.15) is 0 Å². The number of anilines is 1. The van der Waals surface area contributed by atoms with E-state index >= 15 is 0 Å². The first kappa shape index (κ1) is 27.6. The molecule has 8 nitrogen and oxygen atoms in total. The standard InChI is InChI=1S/C32H41N7O/c1-8-39-12-11-31(35-39)27-14-25(13-26(15-27)28-17-33-36(6)20-28)24(5)34-32(40)30-16-29(10-9-21(30)2)38-18-22(3)37(7)23(4)19-38/h9-17,20,22-24H,8,18-19H2,1-7H3,(H,34,40)/t22-,23+,24-/m1/s1. The van der Waals surface area contributed by atoms with Gasteiger partial charge in [-0.05, 0) is 94.8 Å². The summed E-state index contributed by atoms with van der Waals surface area (Å²) in [4.78, 5) is 18.5. The number of rotatable bonds is 7. The Labute approximate surface area is 237 Å². The highest BCUT2D eigenvalue weighted by atomic mass is 16.1. The molecule has 0 saturated carbocycles. The van der Waals surface area contributed by atoms with Gasteiger partial charge in [0, 0.05) is 73.5 Å². The molecule has 0 radical (unpaired) electrons. The van der Waals surface area contributed by atoms with Crippen molar-refractivity contribution >= 4 is 11.6 Å². The molecule has 4 aromatic rings. The topological polar surface area (TPSA) is 71.2 Å².